The second-order valence-electron chi connectivity index (χ2n) is 7.71. The number of aryl methyl sites for hydroxylation is 1. The van der Waals surface area contributed by atoms with E-state index >= 15 is 0 Å². The van der Waals surface area contributed by atoms with Crippen LogP contribution in [0.3, 0.4) is 0 Å². The van der Waals surface area contributed by atoms with Crippen molar-refractivity contribution in [2.24, 2.45) is 11.8 Å². The van der Waals surface area contributed by atoms with Gasteiger partial charge in [0, 0.05) is 29.0 Å². The minimum absolute atomic E-state index is 0.0100. The summed E-state index contributed by atoms with van der Waals surface area (Å²) >= 11 is 0. The van der Waals surface area contributed by atoms with Crippen LogP contribution in [0.15, 0.2) is 42.7 Å². The zero-order chi connectivity index (χ0) is 18.7. The molecule has 1 N–H and O–H groups in total. The van der Waals surface area contributed by atoms with Crippen molar-refractivity contribution in [2.45, 2.75) is 32.0 Å². The standard InChI is InChI=1S/C22H24N2O3/c1-4-13-16-10-18-20-15(8-9-23-18)14-7-5-6-12(2)19(14)24(20)21(13)27-11-17(16)22(25)26-3/h4-7,11,13,16,18,21,23H,1,8-10H2,2-3H3/t13-,16+,18+,21+/m1/s1. The third kappa shape index (κ3) is 2.18. The molecule has 5 rings (SSSR count). The molecule has 0 amide bonds. The summed E-state index contributed by atoms with van der Waals surface area (Å²) in [5, 5.41) is 5.01. The van der Waals surface area contributed by atoms with E-state index < -0.39 is 0 Å². The zero-order valence-electron chi connectivity index (χ0n) is 15.7. The molecule has 0 unspecified atom stereocenters. The molecule has 3 aliphatic rings. The van der Waals surface area contributed by atoms with Gasteiger partial charge in [-0.2, -0.15) is 0 Å². The Bertz CT molecular complexity index is 987. The number of rotatable bonds is 2. The fourth-order valence-corrected chi connectivity index (χ4v) is 5.29. The maximum absolute atomic E-state index is 12.4. The summed E-state index contributed by atoms with van der Waals surface area (Å²) in [4.78, 5) is 12.4. The Labute approximate surface area is 158 Å². The van der Waals surface area contributed by atoms with E-state index in [9.17, 15) is 4.79 Å². The molecule has 2 aromatic rings. The third-order valence-electron chi connectivity index (χ3n) is 6.43. The predicted octanol–water partition coefficient (Wildman–Crippen LogP) is 3.54. The minimum atomic E-state index is -0.311. The molecule has 4 heterocycles. The van der Waals surface area contributed by atoms with E-state index in [0.717, 1.165) is 19.4 Å². The van der Waals surface area contributed by atoms with Crippen LogP contribution in [-0.2, 0) is 20.7 Å². The van der Waals surface area contributed by atoms with Crippen LogP contribution in [0.4, 0.5) is 0 Å². The van der Waals surface area contributed by atoms with Crippen molar-refractivity contribution >= 4 is 16.9 Å². The highest BCUT2D eigenvalue weighted by Crippen LogP contribution is 2.50. The van der Waals surface area contributed by atoms with Gasteiger partial charge in [0.05, 0.1) is 24.5 Å². The molecule has 0 fully saturated rings. The van der Waals surface area contributed by atoms with Crippen molar-refractivity contribution in [2.75, 3.05) is 13.7 Å². The molecule has 140 valence electrons. The lowest BCUT2D eigenvalue weighted by atomic mass is 9.79. The van der Waals surface area contributed by atoms with Crippen LogP contribution in [0.25, 0.3) is 10.9 Å². The van der Waals surface area contributed by atoms with E-state index in [-0.39, 0.29) is 30.1 Å². The Kier molecular flexibility index (Phi) is 3.69. The van der Waals surface area contributed by atoms with E-state index in [1.165, 1.54) is 34.8 Å². The van der Waals surface area contributed by atoms with Gasteiger partial charge in [-0.15, -0.1) is 6.58 Å². The Morgan fingerprint density at radius 1 is 1.44 bits per heavy atom. The predicted molar refractivity (Wildman–Crippen MR) is 103 cm³/mol. The van der Waals surface area contributed by atoms with Gasteiger partial charge in [0.2, 0.25) is 0 Å². The maximum atomic E-state index is 12.4. The van der Waals surface area contributed by atoms with Gasteiger partial charge in [-0.1, -0.05) is 24.3 Å². The van der Waals surface area contributed by atoms with Crippen molar-refractivity contribution in [3.8, 4) is 0 Å². The van der Waals surface area contributed by atoms with Crippen molar-refractivity contribution in [3.63, 3.8) is 0 Å². The maximum Gasteiger partial charge on any atom is 0.337 e. The molecule has 1 aromatic carbocycles. The van der Waals surface area contributed by atoms with Crippen molar-refractivity contribution in [1.82, 2.24) is 9.88 Å². The first-order chi connectivity index (χ1) is 13.2. The number of fused-ring (bicyclic) bond motifs is 6. The molecule has 27 heavy (non-hydrogen) atoms. The second kappa shape index (κ2) is 5.99. The highest BCUT2D eigenvalue weighted by atomic mass is 16.5. The Hall–Kier alpha value is -2.53. The number of para-hydroxylation sites is 1. The summed E-state index contributed by atoms with van der Waals surface area (Å²) in [6.45, 7) is 7.18. The molecule has 1 aromatic heterocycles. The summed E-state index contributed by atoms with van der Waals surface area (Å²) in [5.41, 5.74) is 5.82. The first-order valence-corrected chi connectivity index (χ1v) is 9.57. The number of esters is 1. The zero-order valence-corrected chi connectivity index (χ0v) is 15.7. The summed E-state index contributed by atoms with van der Waals surface area (Å²) in [5.74, 6) is -0.277. The molecule has 5 nitrogen and oxygen atoms in total. The highest BCUT2D eigenvalue weighted by molar-refractivity contribution is 5.90. The number of benzene rings is 1. The normalized spacial score (nSPS) is 28.6. The molecule has 3 aliphatic heterocycles. The van der Waals surface area contributed by atoms with Crippen molar-refractivity contribution in [3.05, 3.63) is 59.5 Å². The lowest BCUT2D eigenvalue weighted by Crippen LogP contribution is -2.33. The SMILES string of the molecule is C=C[C@@H]1[C@@H]2C[C@@H]3NCCc4c3n(c3c(C)cccc43)[C@H]1OC=C2C(=O)OC. The van der Waals surface area contributed by atoms with Gasteiger partial charge < -0.3 is 19.4 Å². The van der Waals surface area contributed by atoms with Gasteiger partial charge in [-0.25, -0.2) is 4.79 Å². The van der Waals surface area contributed by atoms with Crippen LogP contribution < -0.4 is 5.32 Å². The Balaban J connectivity index is 1.80. The van der Waals surface area contributed by atoms with Gasteiger partial charge in [0.15, 0.2) is 6.23 Å². The molecular formula is C22H24N2O3. The number of hydrogen-bond acceptors (Lipinski definition) is 4. The highest BCUT2D eigenvalue weighted by Gasteiger charge is 2.46. The largest absolute Gasteiger partial charge is 0.477 e. The fourth-order valence-electron chi connectivity index (χ4n) is 5.29. The molecule has 0 radical (unpaired) electrons. The van der Waals surface area contributed by atoms with Gasteiger partial charge in [0.25, 0.3) is 0 Å². The number of carbonyl (C=O) groups excluding carboxylic acids is 1. The quantitative estimate of drug-likeness (QED) is 0.654. The number of nitrogens with zero attached hydrogens (tertiary/aromatic N) is 1. The first-order valence-electron chi connectivity index (χ1n) is 9.57. The number of nitrogens with one attached hydrogen (secondary N) is 1. The summed E-state index contributed by atoms with van der Waals surface area (Å²) in [6, 6.07) is 6.70. The van der Waals surface area contributed by atoms with Gasteiger partial charge in [-0.05, 0) is 37.4 Å². The molecule has 0 saturated heterocycles. The minimum Gasteiger partial charge on any atom is -0.477 e. The second-order valence-corrected chi connectivity index (χ2v) is 7.71. The lowest BCUT2D eigenvalue weighted by Gasteiger charge is -2.35. The number of aromatic nitrogens is 1. The van der Waals surface area contributed by atoms with E-state index in [1.807, 2.05) is 6.08 Å². The summed E-state index contributed by atoms with van der Waals surface area (Å²) < 4.78 is 13.6. The number of ether oxygens (including phenoxy) is 2. The van der Waals surface area contributed by atoms with Crippen LogP contribution in [-0.4, -0.2) is 24.2 Å². The molecule has 0 aliphatic carbocycles. The molecular weight excluding hydrogens is 340 g/mol. The molecule has 4 atom stereocenters. The van der Waals surface area contributed by atoms with Crippen LogP contribution in [0, 0.1) is 18.8 Å². The third-order valence-corrected chi connectivity index (χ3v) is 6.43. The summed E-state index contributed by atoms with van der Waals surface area (Å²) in [6.07, 6.45) is 5.21. The first kappa shape index (κ1) is 16.6. The van der Waals surface area contributed by atoms with Crippen molar-refractivity contribution < 1.29 is 14.3 Å². The van der Waals surface area contributed by atoms with Crippen LogP contribution >= 0.6 is 0 Å². The molecule has 0 saturated carbocycles. The Morgan fingerprint density at radius 3 is 3.07 bits per heavy atom. The van der Waals surface area contributed by atoms with Crippen molar-refractivity contribution in [1.29, 1.82) is 0 Å². The van der Waals surface area contributed by atoms with Crippen LogP contribution in [0.2, 0.25) is 0 Å². The molecule has 5 heteroatoms. The smallest absolute Gasteiger partial charge is 0.337 e. The average Bonchev–Trinajstić information content (AvgIpc) is 2.99. The Morgan fingerprint density at radius 2 is 2.30 bits per heavy atom. The van der Waals surface area contributed by atoms with Crippen LogP contribution in [0.5, 0.6) is 0 Å². The van der Waals surface area contributed by atoms with Crippen LogP contribution in [0.1, 0.15) is 35.5 Å². The fraction of sp³-hybridized carbons (Fsp3) is 0.409. The van der Waals surface area contributed by atoms with Gasteiger partial charge in [-0.3, -0.25) is 0 Å². The van der Waals surface area contributed by atoms with E-state index in [4.69, 9.17) is 9.47 Å². The number of hydrogen-bond donors (Lipinski definition) is 1. The lowest BCUT2D eigenvalue weighted by molar-refractivity contribution is -0.138. The monoisotopic (exact) mass is 364 g/mol. The van der Waals surface area contributed by atoms with E-state index in [0.29, 0.717) is 5.57 Å². The topological polar surface area (TPSA) is 52.5 Å². The number of carbonyl (C=O) groups is 1. The average molecular weight is 364 g/mol. The van der Waals surface area contributed by atoms with Gasteiger partial charge >= 0.3 is 5.97 Å². The number of methoxy groups -OCH3 is 1. The van der Waals surface area contributed by atoms with E-state index in [1.54, 1.807) is 6.26 Å². The molecule has 2 bridgehead atoms. The molecule has 0 spiro atoms. The van der Waals surface area contributed by atoms with E-state index in [2.05, 4.69) is 41.6 Å². The van der Waals surface area contributed by atoms with Gasteiger partial charge in [0.1, 0.15) is 0 Å². The summed E-state index contributed by atoms with van der Waals surface area (Å²) in [7, 11) is 1.42.